The van der Waals surface area contributed by atoms with E-state index in [1.165, 1.54) is 17.8 Å². The molecule has 5 nitrogen and oxygen atoms in total. The highest BCUT2D eigenvalue weighted by Gasteiger charge is 2.24. The first-order valence-corrected chi connectivity index (χ1v) is 10.5. The molecule has 4 rings (SSSR count). The molecule has 0 bridgehead atoms. The molecule has 2 aromatic rings. The number of piperazine rings is 1. The van der Waals surface area contributed by atoms with Crippen LogP contribution < -0.4 is 15.1 Å². The van der Waals surface area contributed by atoms with Gasteiger partial charge >= 0.3 is 0 Å². The Morgan fingerprint density at radius 1 is 0.897 bits per heavy atom. The molecule has 2 aromatic carbocycles. The van der Waals surface area contributed by atoms with E-state index in [4.69, 9.17) is 0 Å². The van der Waals surface area contributed by atoms with E-state index in [0.29, 0.717) is 12.5 Å². The third kappa shape index (κ3) is 5.26. The number of halogens is 1. The summed E-state index contributed by atoms with van der Waals surface area (Å²) in [6.07, 6.45) is 1.12. The predicted octanol–water partition coefficient (Wildman–Crippen LogP) is 2.59. The predicted molar refractivity (Wildman–Crippen MR) is 115 cm³/mol. The lowest BCUT2D eigenvalue weighted by molar-refractivity contribution is -0.122. The van der Waals surface area contributed by atoms with E-state index >= 15 is 0 Å². The first kappa shape index (κ1) is 19.7. The number of carbonyl (C=O) groups is 1. The maximum absolute atomic E-state index is 13.1. The lowest BCUT2D eigenvalue weighted by Crippen LogP contribution is -2.49. The second kappa shape index (κ2) is 9.27. The smallest absolute Gasteiger partial charge is 0.234 e. The van der Waals surface area contributed by atoms with Crippen LogP contribution in [0.3, 0.4) is 0 Å². The third-order valence-corrected chi connectivity index (χ3v) is 5.93. The van der Waals surface area contributed by atoms with Crippen molar-refractivity contribution in [1.82, 2.24) is 10.2 Å². The summed E-state index contributed by atoms with van der Waals surface area (Å²) in [5.41, 5.74) is 2.31. The number of anilines is 2. The molecule has 154 valence electrons. The van der Waals surface area contributed by atoms with E-state index in [2.05, 4.69) is 44.3 Å². The van der Waals surface area contributed by atoms with Gasteiger partial charge in [-0.3, -0.25) is 9.69 Å². The molecule has 1 atom stereocenters. The number of benzene rings is 2. The van der Waals surface area contributed by atoms with Crippen molar-refractivity contribution in [2.24, 2.45) is 5.92 Å². The average Bonchev–Trinajstić information content (AvgIpc) is 3.23. The van der Waals surface area contributed by atoms with Crippen molar-refractivity contribution in [3.05, 3.63) is 60.4 Å². The normalized spacial score (nSPS) is 20.1. The number of nitrogens with zero attached hydrogens (tertiary/aromatic N) is 3. The second-order valence-corrected chi connectivity index (χ2v) is 7.98. The molecule has 2 fully saturated rings. The van der Waals surface area contributed by atoms with E-state index in [1.54, 1.807) is 0 Å². The zero-order chi connectivity index (χ0) is 20.1. The fourth-order valence-electron chi connectivity index (χ4n) is 4.21. The van der Waals surface area contributed by atoms with Crippen molar-refractivity contribution in [3.8, 4) is 0 Å². The molecule has 0 aromatic heterocycles. The lowest BCUT2D eigenvalue weighted by atomic mass is 10.1. The number of carbonyl (C=O) groups excluding carboxylic acids is 1. The van der Waals surface area contributed by atoms with Crippen LogP contribution in [0.2, 0.25) is 0 Å². The molecule has 6 heteroatoms. The van der Waals surface area contributed by atoms with Crippen molar-refractivity contribution in [2.45, 2.75) is 6.42 Å². The van der Waals surface area contributed by atoms with Gasteiger partial charge in [0.05, 0.1) is 6.54 Å². The summed E-state index contributed by atoms with van der Waals surface area (Å²) in [6, 6.07) is 17.1. The van der Waals surface area contributed by atoms with Crippen LogP contribution >= 0.6 is 0 Å². The molecule has 1 unspecified atom stereocenters. The molecule has 0 aliphatic carbocycles. The minimum Gasteiger partial charge on any atom is -0.371 e. The van der Waals surface area contributed by atoms with Crippen molar-refractivity contribution in [3.63, 3.8) is 0 Å². The molecular weight excluding hydrogens is 367 g/mol. The first-order valence-electron chi connectivity index (χ1n) is 10.5. The van der Waals surface area contributed by atoms with Crippen LogP contribution in [0, 0.1) is 11.7 Å². The van der Waals surface area contributed by atoms with Crippen LogP contribution in [0.25, 0.3) is 0 Å². The summed E-state index contributed by atoms with van der Waals surface area (Å²) in [7, 11) is 0. The van der Waals surface area contributed by atoms with E-state index in [9.17, 15) is 9.18 Å². The summed E-state index contributed by atoms with van der Waals surface area (Å²) < 4.78 is 13.1. The quantitative estimate of drug-likeness (QED) is 0.815. The van der Waals surface area contributed by atoms with Crippen LogP contribution in [-0.2, 0) is 4.79 Å². The maximum Gasteiger partial charge on any atom is 0.234 e. The van der Waals surface area contributed by atoms with Gasteiger partial charge in [-0.2, -0.15) is 0 Å². The van der Waals surface area contributed by atoms with Crippen LogP contribution in [0.5, 0.6) is 0 Å². The zero-order valence-electron chi connectivity index (χ0n) is 16.8. The molecule has 0 spiro atoms. The Labute approximate surface area is 172 Å². The van der Waals surface area contributed by atoms with Crippen molar-refractivity contribution in [2.75, 3.05) is 62.2 Å². The van der Waals surface area contributed by atoms with Crippen LogP contribution in [0.1, 0.15) is 6.42 Å². The molecule has 29 heavy (non-hydrogen) atoms. The van der Waals surface area contributed by atoms with Gasteiger partial charge in [-0.15, -0.1) is 0 Å². The molecule has 2 heterocycles. The fourth-order valence-corrected chi connectivity index (χ4v) is 4.21. The van der Waals surface area contributed by atoms with E-state index in [1.807, 2.05) is 18.2 Å². The Hall–Kier alpha value is -2.60. The SMILES string of the molecule is O=C(CN1CCN(c2ccc(F)cc2)CC1)NCC1CCN(c2ccccc2)C1. The number of rotatable bonds is 6. The van der Waals surface area contributed by atoms with Crippen LogP contribution in [-0.4, -0.2) is 63.2 Å². The number of hydrogen-bond donors (Lipinski definition) is 1. The van der Waals surface area contributed by atoms with Crippen molar-refractivity contribution >= 4 is 17.3 Å². The summed E-state index contributed by atoms with van der Waals surface area (Å²) in [4.78, 5) is 19.2. The summed E-state index contributed by atoms with van der Waals surface area (Å²) in [5.74, 6) is 0.408. The van der Waals surface area contributed by atoms with Gasteiger partial charge in [-0.1, -0.05) is 18.2 Å². The summed E-state index contributed by atoms with van der Waals surface area (Å²) >= 11 is 0. The van der Waals surface area contributed by atoms with Gasteiger partial charge < -0.3 is 15.1 Å². The highest BCUT2D eigenvalue weighted by Crippen LogP contribution is 2.23. The second-order valence-electron chi connectivity index (χ2n) is 7.98. The van der Waals surface area contributed by atoms with Gasteiger partial charge in [0.2, 0.25) is 5.91 Å². The number of amides is 1. The molecule has 0 saturated carbocycles. The van der Waals surface area contributed by atoms with Crippen LogP contribution in [0.4, 0.5) is 15.8 Å². The molecule has 2 aliphatic rings. The van der Waals surface area contributed by atoms with Crippen molar-refractivity contribution in [1.29, 1.82) is 0 Å². The first-order chi connectivity index (χ1) is 14.2. The van der Waals surface area contributed by atoms with Gasteiger partial charge in [0.15, 0.2) is 0 Å². The molecule has 2 saturated heterocycles. The van der Waals surface area contributed by atoms with E-state index in [0.717, 1.165) is 57.9 Å². The highest BCUT2D eigenvalue weighted by molar-refractivity contribution is 5.78. The Balaban J connectivity index is 1.16. The van der Waals surface area contributed by atoms with Gasteiger partial charge in [0.25, 0.3) is 0 Å². The summed E-state index contributed by atoms with van der Waals surface area (Å²) in [6.45, 7) is 6.65. The van der Waals surface area contributed by atoms with Gasteiger partial charge in [-0.05, 0) is 48.7 Å². The standard InChI is InChI=1S/C23H29FN4O/c24-20-6-8-22(9-7-20)27-14-12-26(13-15-27)18-23(29)25-16-19-10-11-28(17-19)21-4-2-1-3-5-21/h1-9,19H,10-18H2,(H,25,29). The Kier molecular flexibility index (Phi) is 6.30. The fraction of sp³-hybridized carbons (Fsp3) is 0.435. The summed E-state index contributed by atoms with van der Waals surface area (Å²) in [5, 5.41) is 3.13. The van der Waals surface area contributed by atoms with Gasteiger partial charge in [0, 0.05) is 57.2 Å². The third-order valence-electron chi connectivity index (χ3n) is 5.93. The van der Waals surface area contributed by atoms with Crippen molar-refractivity contribution < 1.29 is 9.18 Å². The Morgan fingerprint density at radius 3 is 2.31 bits per heavy atom. The number of hydrogen-bond acceptors (Lipinski definition) is 4. The monoisotopic (exact) mass is 396 g/mol. The molecule has 1 amide bonds. The molecule has 0 radical (unpaired) electrons. The molecule has 2 aliphatic heterocycles. The average molecular weight is 397 g/mol. The molecular formula is C23H29FN4O. The van der Waals surface area contributed by atoms with E-state index < -0.39 is 0 Å². The Bertz CT molecular complexity index is 790. The largest absolute Gasteiger partial charge is 0.371 e. The zero-order valence-corrected chi connectivity index (χ0v) is 16.8. The topological polar surface area (TPSA) is 38.8 Å². The maximum atomic E-state index is 13.1. The van der Waals surface area contributed by atoms with Gasteiger partial charge in [-0.25, -0.2) is 4.39 Å². The van der Waals surface area contributed by atoms with Crippen LogP contribution in [0.15, 0.2) is 54.6 Å². The number of nitrogens with one attached hydrogen (secondary N) is 1. The highest BCUT2D eigenvalue weighted by atomic mass is 19.1. The Morgan fingerprint density at radius 2 is 1.59 bits per heavy atom. The van der Waals surface area contributed by atoms with E-state index in [-0.39, 0.29) is 11.7 Å². The lowest BCUT2D eigenvalue weighted by Gasteiger charge is -2.35. The van der Waals surface area contributed by atoms with Gasteiger partial charge in [0.1, 0.15) is 5.82 Å². The number of para-hydroxylation sites is 1. The molecule has 1 N–H and O–H groups in total. The minimum absolute atomic E-state index is 0.110. The minimum atomic E-state index is -0.210.